The number of amides is 2. The molecule has 0 radical (unpaired) electrons. The van der Waals surface area contributed by atoms with Gasteiger partial charge >= 0.3 is 0 Å². The molecule has 0 saturated carbocycles. The van der Waals surface area contributed by atoms with Crippen molar-refractivity contribution in [3.8, 4) is 5.75 Å². The zero-order valence-electron chi connectivity index (χ0n) is 15.4. The lowest BCUT2D eigenvalue weighted by Gasteiger charge is -2.34. The van der Waals surface area contributed by atoms with Gasteiger partial charge in [0.2, 0.25) is 5.91 Å². The van der Waals surface area contributed by atoms with Crippen molar-refractivity contribution >= 4 is 11.8 Å². The summed E-state index contributed by atoms with van der Waals surface area (Å²) in [4.78, 5) is 47.0. The number of hydrogen-bond acceptors (Lipinski definition) is 5. The second-order valence-corrected chi connectivity index (χ2v) is 6.40. The van der Waals surface area contributed by atoms with Gasteiger partial charge in [-0.2, -0.15) is 0 Å². The minimum Gasteiger partial charge on any atom is -0.497 e. The van der Waals surface area contributed by atoms with Gasteiger partial charge in [0.1, 0.15) is 11.6 Å². The number of piperazine rings is 1. The van der Waals surface area contributed by atoms with Crippen molar-refractivity contribution in [2.75, 3.05) is 33.3 Å². The van der Waals surface area contributed by atoms with E-state index in [1.165, 1.54) is 6.20 Å². The molecule has 1 aliphatic rings. The lowest BCUT2D eigenvalue weighted by atomic mass is 10.1. The summed E-state index contributed by atoms with van der Waals surface area (Å²) in [5.41, 5.74) is 0.620. The fourth-order valence-corrected chi connectivity index (χ4v) is 3.01. The largest absolute Gasteiger partial charge is 0.497 e. The summed E-state index contributed by atoms with van der Waals surface area (Å²) < 4.78 is 5.16. The Balaban J connectivity index is 1.58. The molecule has 2 heterocycles. The average Bonchev–Trinajstić information content (AvgIpc) is 2.69. The molecule has 1 aliphatic heterocycles. The topological polar surface area (TPSA) is 95.6 Å². The number of nitrogens with one attached hydrogen (secondary N) is 1. The van der Waals surface area contributed by atoms with Crippen LogP contribution in [0.4, 0.5) is 0 Å². The number of hydrogen-bond donors (Lipinski definition) is 1. The van der Waals surface area contributed by atoms with Gasteiger partial charge in [-0.25, -0.2) is 4.98 Å². The van der Waals surface area contributed by atoms with Crippen LogP contribution in [0.25, 0.3) is 0 Å². The summed E-state index contributed by atoms with van der Waals surface area (Å²) in [5, 5.41) is 0. The predicted octanol–water partition coefficient (Wildman–Crippen LogP) is 0.614. The number of carbonyl (C=O) groups excluding carboxylic acids is 2. The van der Waals surface area contributed by atoms with E-state index in [0.717, 1.165) is 0 Å². The highest BCUT2D eigenvalue weighted by atomic mass is 16.5. The summed E-state index contributed by atoms with van der Waals surface area (Å²) >= 11 is 0. The molecule has 8 nitrogen and oxygen atoms in total. The van der Waals surface area contributed by atoms with Crippen LogP contribution >= 0.6 is 0 Å². The van der Waals surface area contributed by atoms with Gasteiger partial charge in [-0.05, 0) is 25.1 Å². The number of methoxy groups -OCH3 is 1. The zero-order chi connectivity index (χ0) is 19.4. The van der Waals surface area contributed by atoms with Gasteiger partial charge < -0.3 is 19.5 Å². The van der Waals surface area contributed by atoms with E-state index in [1.807, 2.05) is 0 Å². The zero-order valence-corrected chi connectivity index (χ0v) is 15.4. The molecule has 2 aromatic rings. The highest BCUT2D eigenvalue weighted by Crippen LogP contribution is 2.15. The molecule has 0 spiro atoms. The molecule has 1 N–H and O–H groups in total. The van der Waals surface area contributed by atoms with E-state index in [2.05, 4.69) is 9.97 Å². The van der Waals surface area contributed by atoms with Crippen LogP contribution in [0.5, 0.6) is 5.75 Å². The first-order valence-corrected chi connectivity index (χ1v) is 8.74. The maximum Gasteiger partial charge on any atom is 0.254 e. The minimum atomic E-state index is -0.289. The van der Waals surface area contributed by atoms with Gasteiger partial charge in [0, 0.05) is 43.5 Å². The second-order valence-electron chi connectivity index (χ2n) is 6.40. The van der Waals surface area contributed by atoms with E-state index in [4.69, 9.17) is 4.74 Å². The first kappa shape index (κ1) is 18.6. The Hall–Kier alpha value is -3.16. The second kappa shape index (κ2) is 8.03. The van der Waals surface area contributed by atoms with Crippen LogP contribution in [0, 0.1) is 6.92 Å². The van der Waals surface area contributed by atoms with Gasteiger partial charge in [0.25, 0.3) is 11.5 Å². The molecule has 1 aromatic carbocycles. The van der Waals surface area contributed by atoms with E-state index in [0.29, 0.717) is 48.9 Å². The van der Waals surface area contributed by atoms with Crippen LogP contribution in [-0.2, 0) is 11.2 Å². The number of H-pyrrole nitrogens is 1. The molecule has 1 aromatic heterocycles. The number of ether oxygens (including phenoxy) is 1. The Kier molecular flexibility index (Phi) is 5.54. The Labute approximate surface area is 156 Å². The van der Waals surface area contributed by atoms with Gasteiger partial charge in [0.15, 0.2) is 0 Å². The van der Waals surface area contributed by atoms with Crippen LogP contribution in [0.2, 0.25) is 0 Å². The smallest absolute Gasteiger partial charge is 0.254 e. The quantitative estimate of drug-likeness (QED) is 0.851. The van der Waals surface area contributed by atoms with Crippen molar-refractivity contribution in [3.63, 3.8) is 0 Å². The first-order valence-electron chi connectivity index (χ1n) is 8.74. The van der Waals surface area contributed by atoms with Gasteiger partial charge in [-0.15, -0.1) is 0 Å². The fraction of sp³-hybridized carbons (Fsp3) is 0.368. The van der Waals surface area contributed by atoms with E-state index >= 15 is 0 Å². The fourth-order valence-electron chi connectivity index (χ4n) is 3.01. The molecule has 142 valence electrons. The highest BCUT2D eigenvalue weighted by molar-refractivity contribution is 5.94. The summed E-state index contributed by atoms with van der Waals surface area (Å²) in [5.74, 6) is 0.923. The van der Waals surface area contributed by atoms with E-state index in [9.17, 15) is 14.4 Å². The van der Waals surface area contributed by atoms with Gasteiger partial charge in [-0.3, -0.25) is 14.4 Å². The maximum absolute atomic E-state index is 12.6. The number of carbonyl (C=O) groups is 2. The highest BCUT2D eigenvalue weighted by Gasteiger charge is 2.25. The van der Waals surface area contributed by atoms with Gasteiger partial charge in [0.05, 0.1) is 13.5 Å². The normalized spacial score (nSPS) is 14.1. The lowest BCUT2D eigenvalue weighted by Crippen LogP contribution is -2.51. The van der Waals surface area contributed by atoms with Gasteiger partial charge in [-0.1, -0.05) is 6.07 Å². The predicted molar refractivity (Wildman–Crippen MR) is 98.8 cm³/mol. The first-order chi connectivity index (χ1) is 13.0. The third-order valence-corrected chi connectivity index (χ3v) is 4.58. The van der Waals surface area contributed by atoms with Crippen LogP contribution in [0.3, 0.4) is 0 Å². The van der Waals surface area contributed by atoms with Crippen LogP contribution in [-0.4, -0.2) is 64.9 Å². The third-order valence-electron chi connectivity index (χ3n) is 4.58. The standard InChI is InChI=1S/C19H22N4O4/c1-13-20-12-15(18(25)21-13)11-17(24)22-6-8-23(9-7-22)19(26)14-4-3-5-16(10-14)27-2/h3-5,10,12H,6-9,11H2,1-2H3,(H,20,21,25). The van der Waals surface area contributed by atoms with Crippen LogP contribution < -0.4 is 10.3 Å². The van der Waals surface area contributed by atoms with Crippen molar-refractivity contribution < 1.29 is 14.3 Å². The average molecular weight is 370 g/mol. The molecular formula is C19H22N4O4. The number of benzene rings is 1. The minimum absolute atomic E-state index is 0.00639. The van der Waals surface area contributed by atoms with E-state index in [-0.39, 0.29) is 23.8 Å². The van der Waals surface area contributed by atoms with Crippen molar-refractivity contribution in [3.05, 3.63) is 57.8 Å². The number of rotatable bonds is 4. The molecule has 8 heteroatoms. The van der Waals surface area contributed by atoms with Crippen molar-refractivity contribution in [1.82, 2.24) is 19.8 Å². The van der Waals surface area contributed by atoms with Crippen molar-refractivity contribution in [2.45, 2.75) is 13.3 Å². The Morgan fingerprint density at radius 1 is 1.19 bits per heavy atom. The Morgan fingerprint density at radius 3 is 2.56 bits per heavy atom. The molecule has 2 amide bonds. The SMILES string of the molecule is COc1cccc(C(=O)N2CCN(C(=O)Cc3cnc(C)[nH]c3=O)CC2)c1. The molecule has 3 rings (SSSR count). The van der Waals surface area contributed by atoms with Crippen molar-refractivity contribution in [1.29, 1.82) is 0 Å². The molecule has 0 bridgehead atoms. The molecule has 27 heavy (non-hydrogen) atoms. The van der Waals surface area contributed by atoms with E-state index < -0.39 is 0 Å². The summed E-state index contributed by atoms with van der Waals surface area (Å²) in [6, 6.07) is 7.02. The summed E-state index contributed by atoms with van der Waals surface area (Å²) in [6.45, 7) is 3.46. The lowest BCUT2D eigenvalue weighted by molar-refractivity contribution is -0.131. The Morgan fingerprint density at radius 2 is 1.89 bits per heavy atom. The molecule has 1 saturated heterocycles. The van der Waals surface area contributed by atoms with Crippen molar-refractivity contribution in [2.24, 2.45) is 0 Å². The monoisotopic (exact) mass is 370 g/mol. The number of aromatic nitrogens is 2. The molecular weight excluding hydrogens is 348 g/mol. The molecule has 0 atom stereocenters. The number of aromatic amines is 1. The number of nitrogens with zero attached hydrogens (tertiary/aromatic N) is 3. The van der Waals surface area contributed by atoms with E-state index in [1.54, 1.807) is 48.1 Å². The Bertz CT molecular complexity index is 901. The number of aryl methyl sites for hydroxylation is 1. The summed E-state index contributed by atoms with van der Waals surface area (Å²) in [7, 11) is 1.56. The summed E-state index contributed by atoms with van der Waals surface area (Å²) in [6.07, 6.45) is 1.45. The molecule has 0 aliphatic carbocycles. The molecule has 1 fully saturated rings. The maximum atomic E-state index is 12.6. The molecule has 0 unspecified atom stereocenters. The third kappa shape index (κ3) is 4.33. The van der Waals surface area contributed by atoms with Crippen LogP contribution in [0.1, 0.15) is 21.7 Å². The van der Waals surface area contributed by atoms with Crippen LogP contribution in [0.15, 0.2) is 35.3 Å².